The van der Waals surface area contributed by atoms with Gasteiger partial charge in [0.15, 0.2) is 5.78 Å². The normalized spacial score (nSPS) is 10.8. The zero-order valence-corrected chi connectivity index (χ0v) is 10.3. The van der Waals surface area contributed by atoms with Gasteiger partial charge < -0.3 is 11.5 Å². The SMILES string of the molecule is NCC(=O)c1ccc(/N=N/c2ccc(N)cc2)cc1. The number of ketones is 1. The van der Waals surface area contributed by atoms with Crippen LogP contribution in [0.15, 0.2) is 58.8 Å². The van der Waals surface area contributed by atoms with Crippen molar-refractivity contribution in [3.63, 3.8) is 0 Å². The summed E-state index contributed by atoms with van der Waals surface area (Å²) in [6.07, 6.45) is 0. The predicted octanol–water partition coefficient (Wildman–Crippen LogP) is 2.83. The molecule has 0 fully saturated rings. The Labute approximate surface area is 111 Å². The largest absolute Gasteiger partial charge is 0.399 e. The van der Waals surface area contributed by atoms with Gasteiger partial charge >= 0.3 is 0 Å². The zero-order valence-electron chi connectivity index (χ0n) is 10.3. The molecule has 0 aromatic heterocycles. The first-order valence-corrected chi connectivity index (χ1v) is 5.79. The number of carbonyl (C=O) groups excluding carboxylic acids is 1. The second-order valence-corrected chi connectivity index (χ2v) is 3.97. The summed E-state index contributed by atoms with van der Waals surface area (Å²) in [6.45, 7) is 0.00625. The first-order chi connectivity index (χ1) is 9.19. The van der Waals surface area contributed by atoms with Crippen LogP contribution in [0.2, 0.25) is 0 Å². The van der Waals surface area contributed by atoms with Crippen molar-refractivity contribution in [3.8, 4) is 0 Å². The number of hydrogen-bond acceptors (Lipinski definition) is 5. The van der Waals surface area contributed by atoms with Crippen LogP contribution in [-0.2, 0) is 0 Å². The van der Waals surface area contributed by atoms with Crippen LogP contribution in [-0.4, -0.2) is 12.3 Å². The van der Waals surface area contributed by atoms with Crippen molar-refractivity contribution in [1.82, 2.24) is 0 Å². The molecule has 0 heterocycles. The highest BCUT2D eigenvalue weighted by atomic mass is 16.1. The van der Waals surface area contributed by atoms with Gasteiger partial charge in [-0.25, -0.2) is 0 Å². The molecule has 2 aromatic rings. The van der Waals surface area contributed by atoms with Crippen molar-refractivity contribution in [2.24, 2.45) is 16.0 Å². The lowest BCUT2D eigenvalue weighted by Crippen LogP contribution is -2.13. The Bertz CT molecular complexity index is 588. The van der Waals surface area contributed by atoms with E-state index < -0.39 is 0 Å². The van der Waals surface area contributed by atoms with E-state index in [2.05, 4.69) is 10.2 Å². The van der Waals surface area contributed by atoms with Gasteiger partial charge in [0.25, 0.3) is 0 Å². The van der Waals surface area contributed by atoms with E-state index in [4.69, 9.17) is 11.5 Å². The number of Topliss-reactive ketones (excluding diaryl/α,β-unsaturated/α-hetero) is 1. The molecule has 0 bridgehead atoms. The van der Waals surface area contributed by atoms with E-state index in [9.17, 15) is 4.79 Å². The molecule has 0 saturated carbocycles. The number of nitrogens with zero attached hydrogens (tertiary/aromatic N) is 2. The van der Waals surface area contributed by atoms with Crippen molar-refractivity contribution in [2.75, 3.05) is 12.3 Å². The third-order valence-electron chi connectivity index (χ3n) is 2.55. The van der Waals surface area contributed by atoms with E-state index in [1.807, 2.05) is 0 Å². The van der Waals surface area contributed by atoms with Crippen LogP contribution in [0.3, 0.4) is 0 Å². The summed E-state index contributed by atoms with van der Waals surface area (Å²) < 4.78 is 0. The molecule has 0 aliphatic heterocycles. The minimum absolute atomic E-state index is 0.00625. The molecule has 0 radical (unpaired) electrons. The first-order valence-electron chi connectivity index (χ1n) is 5.79. The van der Waals surface area contributed by atoms with Gasteiger partial charge in [-0.1, -0.05) is 0 Å². The quantitative estimate of drug-likeness (QED) is 0.499. The molecule has 2 rings (SSSR count). The fraction of sp³-hybridized carbons (Fsp3) is 0.0714. The zero-order chi connectivity index (χ0) is 13.7. The van der Waals surface area contributed by atoms with E-state index >= 15 is 0 Å². The molecule has 2 aromatic carbocycles. The van der Waals surface area contributed by atoms with E-state index in [1.54, 1.807) is 48.5 Å². The highest BCUT2D eigenvalue weighted by Gasteiger charge is 2.01. The maximum absolute atomic E-state index is 11.3. The van der Waals surface area contributed by atoms with Gasteiger partial charge in [-0.15, -0.1) is 0 Å². The highest BCUT2D eigenvalue weighted by molar-refractivity contribution is 5.97. The average molecular weight is 254 g/mol. The molecule has 0 aliphatic rings. The molecule has 5 heteroatoms. The number of rotatable bonds is 4. The lowest BCUT2D eigenvalue weighted by molar-refractivity contribution is 0.100. The summed E-state index contributed by atoms with van der Waals surface area (Å²) in [6, 6.07) is 13.9. The van der Waals surface area contributed by atoms with Gasteiger partial charge in [0.05, 0.1) is 17.9 Å². The van der Waals surface area contributed by atoms with Crippen LogP contribution in [0.25, 0.3) is 0 Å². The summed E-state index contributed by atoms with van der Waals surface area (Å²) in [5.74, 6) is -0.0953. The fourth-order valence-corrected chi connectivity index (χ4v) is 1.49. The third kappa shape index (κ3) is 3.46. The molecule has 0 spiro atoms. The van der Waals surface area contributed by atoms with Crippen LogP contribution in [0, 0.1) is 0 Å². The maximum Gasteiger partial charge on any atom is 0.176 e. The molecule has 0 aliphatic carbocycles. The summed E-state index contributed by atoms with van der Waals surface area (Å²) in [7, 11) is 0. The smallest absolute Gasteiger partial charge is 0.176 e. The van der Waals surface area contributed by atoms with Crippen molar-refractivity contribution in [3.05, 3.63) is 54.1 Å². The van der Waals surface area contributed by atoms with Gasteiger partial charge in [-0.2, -0.15) is 10.2 Å². The van der Waals surface area contributed by atoms with Crippen LogP contribution in [0.4, 0.5) is 17.1 Å². The minimum atomic E-state index is -0.0953. The molecule has 0 unspecified atom stereocenters. The molecule has 0 amide bonds. The van der Waals surface area contributed by atoms with Crippen molar-refractivity contribution in [1.29, 1.82) is 0 Å². The maximum atomic E-state index is 11.3. The summed E-state index contributed by atoms with van der Waals surface area (Å²) in [5.41, 5.74) is 13.5. The Balaban J connectivity index is 2.11. The van der Waals surface area contributed by atoms with Crippen LogP contribution in [0.1, 0.15) is 10.4 Å². The number of nitrogen functional groups attached to an aromatic ring is 1. The minimum Gasteiger partial charge on any atom is -0.399 e. The summed E-state index contributed by atoms with van der Waals surface area (Å²) >= 11 is 0. The van der Waals surface area contributed by atoms with Gasteiger partial charge in [0.2, 0.25) is 0 Å². The molecule has 19 heavy (non-hydrogen) atoms. The summed E-state index contributed by atoms with van der Waals surface area (Å²) in [5, 5.41) is 8.15. The molecular weight excluding hydrogens is 240 g/mol. The number of anilines is 1. The highest BCUT2D eigenvalue weighted by Crippen LogP contribution is 2.19. The Kier molecular flexibility index (Phi) is 4.00. The van der Waals surface area contributed by atoms with Gasteiger partial charge in [0, 0.05) is 11.3 Å². The molecular formula is C14H14N4O. The Morgan fingerprint density at radius 2 is 1.37 bits per heavy atom. The number of nitrogens with two attached hydrogens (primary N) is 2. The average Bonchev–Trinajstić information content (AvgIpc) is 2.46. The monoisotopic (exact) mass is 254 g/mol. The van der Waals surface area contributed by atoms with Crippen molar-refractivity contribution in [2.45, 2.75) is 0 Å². The van der Waals surface area contributed by atoms with Crippen molar-refractivity contribution >= 4 is 22.8 Å². The van der Waals surface area contributed by atoms with E-state index in [0.29, 0.717) is 16.9 Å². The number of azo groups is 1. The molecule has 0 atom stereocenters. The standard InChI is InChI=1S/C14H14N4O/c15-9-14(19)10-1-5-12(6-2-10)17-18-13-7-3-11(16)4-8-13/h1-8H,9,15-16H2/b18-17+. The lowest BCUT2D eigenvalue weighted by atomic mass is 10.1. The predicted molar refractivity (Wildman–Crippen MR) is 74.9 cm³/mol. The van der Waals surface area contributed by atoms with E-state index in [-0.39, 0.29) is 12.3 Å². The van der Waals surface area contributed by atoms with Crippen LogP contribution in [0.5, 0.6) is 0 Å². The Hall–Kier alpha value is -2.53. The second kappa shape index (κ2) is 5.88. The molecule has 96 valence electrons. The first kappa shape index (κ1) is 12.9. The fourth-order valence-electron chi connectivity index (χ4n) is 1.49. The third-order valence-corrected chi connectivity index (χ3v) is 2.55. The van der Waals surface area contributed by atoms with Gasteiger partial charge in [-0.05, 0) is 48.5 Å². The molecule has 0 saturated heterocycles. The van der Waals surface area contributed by atoms with Gasteiger partial charge in [0.1, 0.15) is 0 Å². The Morgan fingerprint density at radius 1 is 0.895 bits per heavy atom. The number of carbonyl (C=O) groups is 1. The van der Waals surface area contributed by atoms with Crippen LogP contribution < -0.4 is 11.5 Å². The lowest BCUT2D eigenvalue weighted by Gasteiger charge is -1.98. The van der Waals surface area contributed by atoms with Gasteiger partial charge in [-0.3, -0.25) is 4.79 Å². The number of benzene rings is 2. The molecule has 5 nitrogen and oxygen atoms in total. The number of hydrogen-bond donors (Lipinski definition) is 2. The van der Waals surface area contributed by atoms with E-state index in [1.165, 1.54) is 0 Å². The topological polar surface area (TPSA) is 93.8 Å². The molecule has 4 N–H and O–H groups in total. The van der Waals surface area contributed by atoms with Crippen LogP contribution >= 0.6 is 0 Å². The van der Waals surface area contributed by atoms with Crippen molar-refractivity contribution < 1.29 is 4.79 Å². The Morgan fingerprint density at radius 3 is 1.84 bits per heavy atom. The summed E-state index contributed by atoms with van der Waals surface area (Å²) in [4.78, 5) is 11.3. The second-order valence-electron chi connectivity index (χ2n) is 3.97. The van der Waals surface area contributed by atoms with E-state index in [0.717, 1.165) is 5.69 Å².